The third-order valence-electron chi connectivity index (χ3n) is 4.43. The first-order valence-corrected chi connectivity index (χ1v) is 6.71. The maximum absolute atomic E-state index is 12.2. The average molecular weight is 245 g/mol. The van der Waals surface area contributed by atoms with Gasteiger partial charge in [-0.15, -0.1) is 0 Å². The molecule has 1 N–H and O–H groups in total. The first kappa shape index (κ1) is 11.6. The summed E-state index contributed by atoms with van der Waals surface area (Å²) >= 11 is 0. The van der Waals surface area contributed by atoms with Gasteiger partial charge in [-0.1, -0.05) is 6.42 Å². The predicted octanol–water partition coefficient (Wildman–Crippen LogP) is 3.07. The summed E-state index contributed by atoms with van der Waals surface area (Å²) in [5, 5.41) is 3.03. The number of hydrogen-bond acceptors (Lipinski definition) is 2. The fraction of sp³-hybridized carbons (Fsp3) is 0.533. The number of nitrogens with one attached hydrogen (secondary N) is 1. The number of anilines is 1. The van der Waals surface area contributed by atoms with E-state index in [0.29, 0.717) is 5.92 Å². The largest absolute Gasteiger partial charge is 0.497 e. The van der Waals surface area contributed by atoms with E-state index in [2.05, 4.69) is 5.32 Å². The minimum Gasteiger partial charge on any atom is -0.497 e. The third kappa shape index (κ3) is 2.09. The van der Waals surface area contributed by atoms with Crippen molar-refractivity contribution in [1.29, 1.82) is 0 Å². The van der Waals surface area contributed by atoms with Crippen molar-refractivity contribution < 1.29 is 9.53 Å². The van der Waals surface area contributed by atoms with E-state index in [1.807, 2.05) is 24.3 Å². The second kappa shape index (κ2) is 4.63. The lowest BCUT2D eigenvalue weighted by Crippen LogP contribution is -2.27. The first-order chi connectivity index (χ1) is 8.76. The van der Waals surface area contributed by atoms with Crippen molar-refractivity contribution in [3.8, 4) is 5.75 Å². The maximum atomic E-state index is 12.2. The summed E-state index contributed by atoms with van der Waals surface area (Å²) in [6.45, 7) is 0. The number of methoxy groups -OCH3 is 1. The maximum Gasteiger partial charge on any atom is 0.227 e. The zero-order chi connectivity index (χ0) is 12.5. The SMILES string of the molecule is COc1ccc(NC(=O)C2CC3CCC2C3)cc1. The van der Waals surface area contributed by atoms with Crippen LogP contribution in [0.15, 0.2) is 24.3 Å². The highest BCUT2D eigenvalue weighted by Gasteiger charge is 2.42. The summed E-state index contributed by atoms with van der Waals surface area (Å²) < 4.78 is 5.10. The van der Waals surface area contributed by atoms with Crippen molar-refractivity contribution in [3.63, 3.8) is 0 Å². The molecule has 1 aromatic carbocycles. The summed E-state index contributed by atoms with van der Waals surface area (Å²) in [6, 6.07) is 7.53. The Morgan fingerprint density at radius 1 is 1.22 bits per heavy atom. The minimum atomic E-state index is 0.201. The van der Waals surface area contributed by atoms with Gasteiger partial charge in [0.05, 0.1) is 7.11 Å². The van der Waals surface area contributed by atoms with E-state index >= 15 is 0 Å². The normalized spacial score (nSPS) is 29.3. The molecule has 2 aliphatic rings. The average Bonchev–Trinajstić information content (AvgIpc) is 3.02. The Bertz CT molecular complexity index is 440. The molecule has 0 radical (unpaired) electrons. The lowest BCUT2D eigenvalue weighted by molar-refractivity contribution is -0.121. The second-order valence-corrected chi connectivity index (χ2v) is 5.50. The van der Waals surface area contributed by atoms with Crippen LogP contribution in [0.1, 0.15) is 25.7 Å². The molecule has 3 nitrogen and oxygen atoms in total. The highest BCUT2D eigenvalue weighted by molar-refractivity contribution is 5.93. The molecule has 0 saturated heterocycles. The number of benzene rings is 1. The van der Waals surface area contributed by atoms with Crippen LogP contribution in [-0.2, 0) is 4.79 Å². The van der Waals surface area contributed by atoms with Gasteiger partial charge in [-0.2, -0.15) is 0 Å². The molecule has 3 atom stereocenters. The van der Waals surface area contributed by atoms with Gasteiger partial charge in [0.1, 0.15) is 5.75 Å². The van der Waals surface area contributed by atoms with Crippen LogP contribution in [0.25, 0.3) is 0 Å². The summed E-state index contributed by atoms with van der Waals surface area (Å²) in [5.74, 6) is 2.70. The first-order valence-electron chi connectivity index (χ1n) is 6.71. The number of carbonyl (C=O) groups excluding carboxylic acids is 1. The molecule has 2 aliphatic carbocycles. The fourth-order valence-electron chi connectivity index (χ4n) is 3.48. The van der Waals surface area contributed by atoms with E-state index in [-0.39, 0.29) is 11.8 Å². The van der Waals surface area contributed by atoms with Crippen molar-refractivity contribution >= 4 is 11.6 Å². The monoisotopic (exact) mass is 245 g/mol. The number of ether oxygens (including phenoxy) is 1. The molecule has 3 unspecified atom stereocenters. The molecule has 18 heavy (non-hydrogen) atoms. The van der Waals surface area contributed by atoms with Crippen LogP contribution < -0.4 is 10.1 Å². The molecule has 2 saturated carbocycles. The molecule has 0 heterocycles. The van der Waals surface area contributed by atoms with Gasteiger partial charge in [-0.25, -0.2) is 0 Å². The van der Waals surface area contributed by atoms with Gasteiger partial charge >= 0.3 is 0 Å². The Labute approximate surface area is 108 Å². The molecular weight excluding hydrogens is 226 g/mol. The van der Waals surface area contributed by atoms with Gasteiger partial charge < -0.3 is 10.1 Å². The molecule has 2 bridgehead atoms. The standard InChI is InChI=1S/C15H19NO2/c1-18-13-6-4-12(5-7-13)16-15(17)14-9-10-2-3-11(14)8-10/h4-7,10-11,14H,2-3,8-9H2,1H3,(H,16,17). The zero-order valence-corrected chi connectivity index (χ0v) is 10.7. The Hall–Kier alpha value is -1.51. The number of hydrogen-bond donors (Lipinski definition) is 1. The molecule has 2 fully saturated rings. The Morgan fingerprint density at radius 3 is 2.56 bits per heavy atom. The topological polar surface area (TPSA) is 38.3 Å². The van der Waals surface area contributed by atoms with Crippen LogP contribution in [0.3, 0.4) is 0 Å². The smallest absolute Gasteiger partial charge is 0.227 e. The number of carbonyl (C=O) groups is 1. The molecule has 0 aliphatic heterocycles. The summed E-state index contributed by atoms with van der Waals surface area (Å²) in [6.07, 6.45) is 4.93. The molecule has 1 aromatic rings. The van der Waals surface area contributed by atoms with Crippen LogP contribution >= 0.6 is 0 Å². The van der Waals surface area contributed by atoms with Gasteiger partial charge in [0, 0.05) is 11.6 Å². The van der Waals surface area contributed by atoms with E-state index in [1.165, 1.54) is 19.3 Å². The highest BCUT2D eigenvalue weighted by atomic mass is 16.5. The van der Waals surface area contributed by atoms with E-state index < -0.39 is 0 Å². The quantitative estimate of drug-likeness (QED) is 0.888. The van der Waals surface area contributed by atoms with Gasteiger partial charge in [-0.3, -0.25) is 4.79 Å². The number of amides is 1. The Kier molecular flexibility index (Phi) is 2.98. The summed E-state index contributed by atoms with van der Waals surface area (Å²) in [4.78, 5) is 12.2. The van der Waals surface area contributed by atoms with Crippen LogP contribution in [0, 0.1) is 17.8 Å². The molecule has 3 heteroatoms. The summed E-state index contributed by atoms with van der Waals surface area (Å²) in [7, 11) is 1.64. The van der Waals surface area contributed by atoms with Crippen molar-refractivity contribution in [2.75, 3.05) is 12.4 Å². The summed E-state index contributed by atoms with van der Waals surface area (Å²) in [5.41, 5.74) is 0.864. The number of rotatable bonds is 3. The van der Waals surface area contributed by atoms with E-state index in [1.54, 1.807) is 7.11 Å². The van der Waals surface area contributed by atoms with E-state index in [4.69, 9.17) is 4.74 Å². The minimum absolute atomic E-state index is 0.201. The van der Waals surface area contributed by atoms with Gasteiger partial charge in [0.15, 0.2) is 0 Å². The Balaban J connectivity index is 1.63. The van der Waals surface area contributed by atoms with Gasteiger partial charge in [0.25, 0.3) is 0 Å². The molecule has 1 amide bonds. The lowest BCUT2D eigenvalue weighted by Gasteiger charge is -2.20. The molecule has 3 rings (SSSR count). The molecular formula is C15H19NO2. The fourth-order valence-corrected chi connectivity index (χ4v) is 3.48. The predicted molar refractivity (Wildman–Crippen MR) is 70.6 cm³/mol. The highest BCUT2D eigenvalue weighted by Crippen LogP contribution is 2.48. The van der Waals surface area contributed by atoms with Gasteiger partial charge in [0.2, 0.25) is 5.91 Å². The molecule has 96 valence electrons. The van der Waals surface area contributed by atoms with Crippen LogP contribution in [0.2, 0.25) is 0 Å². The van der Waals surface area contributed by atoms with Crippen LogP contribution in [-0.4, -0.2) is 13.0 Å². The van der Waals surface area contributed by atoms with Crippen molar-refractivity contribution in [3.05, 3.63) is 24.3 Å². The van der Waals surface area contributed by atoms with Crippen molar-refractivity contribution in [2.24, 2.45) is 17.8 Å². The van der Waals surface area contributed by atoms with E-state index in [9.17, 15) is 4.79 Å². The van der Waals surface area contributed by atoms with Crippen LogP contribution in [0.4, 0.5) is 5.69 Å². The molecule has 0 aromatic heterocycles. The van der Waals surface area contributed by atoms with Gasteiger partial charge in [-0.05, 0) is 55.4 Å². The molecule has 0 spiro atoms. The van der Waals surface area contributed by atoms with Crippen molar-refractivity contribution in [1.82, 2.24) is 0 Å². The zero-order valence-electron chi connectivity index (χ0n) is 10.7. The Morgan fingerprint density at radius 2 is 2.00 bits per heavy atom. The number of fused-ring (bicyclic) bond motifs is 2. The second-order valence-electron chi connectivity index (χ2n) is 5.50. The van der Waals surface area contributed by atoms with E-state index in [0.717, 1.165) is 23.8 Å². The third-order valence-corrected chi connectivity index (χ3v) is 4.43. The lowest BCUT2D eigenvalue weighted by atomic mass is 9.88. The van der Waals surface area contributed by atoms with Crippen molar-refractivity contribution in [2.45, 2.75) is 25.7 Å². The van der Waals surface area contributed by atoms with Crippen LogP contribution in [0.5, 0.6) is 5.75 Å².